The summed E-state index contributed by atoms with van der Waals surface area (Å²) >= 11 is 0. The number of piperazine rings is 1. The Kier molecular flexibility index (Phi) is 7.97. The van der Waals surface area contributed by atoms with E-state index in [9.17, 15) is 9.18 Å². The highest BCUT2D eigenvalue weighted by Crippen LogP contribution is 2.20. The lowest BCUT2D eigenvalue weighted by Crippen LogP contribution is -2.54. The summed E-state index contributed by atoms with van der Waals surface area (Å²) in [5.41, 5.74) is 0.786. The molecular formula is C24H37FN6O. The number of benzene rings is 1. The maximum atomic E-state index is 13.9. The minimum absolute atomic E-state index is 0.108. The number of hydrogen-bond acceptors (Lipinski definition) is 4. The molecule has 1 aliphatic carbocycles. The summed E-state index contributed by atoms with van der Waals surface area (Å²) in [6.45, 7) is 7.65. The number of carbonyl (C=O) groups excluding carboxylic acids is 1. The Morgan fingerprint density at radius 2 is 1.75 bits per heavy atom. The third kappa shape index (κ3) is 6.65. The Balaban J connectivity index is 1.14. The molecule has 8 heteroatoms. The molecule has 2 N–H and O–H groups in total. The van der Waals surface area contributed by atoms with Gasteiger partial charge < -0.3 is 15.5 Å². The topological polar surface area (TPSA) is 63.2 Å². The van der Waals surface area contributed by atoms with Crippen molar-refractivity contribution in [3.05, 3.63) is 35.6 Å². The molecule has 32 heavy (non-hydrogen) atoms. The molecule has 4 rings (SSSR count). The van der Waals surface area contributed by atoms with Crippen molar-refractivity contribution in [3.8, 4) is 0 Å². The first-order chi connectivity index (χ1) is 15.6. The van der Waals surface area contributed by atoms with Crippen molar-refractivity contribution in [2.75, 3.05) is 59.4 Å². The van der Waals surface area contributed by atoms with Crippen LogP contribution in [0.2, 0.25) is 0 Å². The van der Waals surface area contributed by atoms with Crippen molar-refractivity contribution < 1.29 is 9.18 Å². The molecular weight excluding hydrogens is 407 g/mol. The van der Waals surface area contributed by atoms with Crippen molar-refractivity contribution in [1.82, 2.24) is 25.3 Å². The first-order valence-electron chi connectivity index (χ1n) is 12.0. The number of amides is 1. The second-order valence-corrected chi connectivity index (χ2v) is 9.34. The molecule has 176 valence electrons. The van der Waals surface area contributed by atoms with Gasteiger partial charge in [0.05, 0.1) is 6.54 Å². The van der Waals surface area contributed by atoms with Crippen LogP contribution in [0.4, 0.5) is 4.39 Å². The molecule has 1 aromatic carbocycles. The molecule has 3 aliphatic rings. The van der Waals surface area contributed by atoms with Gasteiger partial charge in [0.15, 0.2) is 5.96 Å². The van der Waals surface area contributed by atoms with Crippen molar-refractivity contribution in [3.63, 3.8) is 0 Å². The van der Waals surface area contributed by atoms with Crippen LogP contribution < -0.4 is 10.6 Å². The smallest absolute Gasteiger partial charge is 0.234 e. The minimum Gasteiger partial charge on any atom is -0.356 e. The first kappa shape index (κ1) is 23.0. The molecule has 2 heterocycles. The van der Waals surface area contributed by atoms with Crippen molar-refractivity contribution >= 4 is 11.9 Å². The Morgan fingerprint density at radius 3 is 2.41 bits per heavy atom. The van der Waals surface area contributed by atoms with Gasteiger partial charge in [0.1, 0.15) is 5.82 Å². The van der Waals surface area contributed by atoms with E-state index in [2.05, 4.69) is 30.3 Å². The summed E-state index contributed by atoms with van der Waals surface area (Å²) in [5.74, 6) is 1.62. The number of rotatable bonds is 7. The lowest BCUT2D eigenvalue weighted by atomic mass is 9.96. The van der Waals surface area contributed by atoms with Gasteiger partial charge in [0, 0.05) is 57.9 Å². The molecule has 0 bridgehead atoms. The molecule has 3 fully saturated rings. The summed E-state index contributed by atoms with van der Waals surface area (Å²) in [6.07, 6.45) is 4.49. The average molecular weight is 445 g/mol. The molecule has 0 spiro atoms. The highest BCUT2D eigenvalue weighted by atomic mass is 19.1. The number of guanidine groups is 1. The van der Waals surface area contributed by atoms with Gasteiger partial charge in [-0.25, -0.2) is 4.39 Å². The van der Waals surface area contributed by atoms with Crippen LogP contribution in [-0.4, -0.2) is 92.0 Å². The Bertz CT molecular complexity index is 782. The van der Waals surface area contributed by atoms with E-state index in [1.54, 1.807) is 12.1 Å². The summed E-state index contributed by atoms with van der Waals surface area (Å²) in [4.78, 5) is 23.4. The summed E-state index contributed by atoms with van der Waals surface area (Å²) in [5, 5.41) is 6.64. The molecule has 0 radical (unpaired) electrons. The predicted octanol–water partition coefficient (Wildman–Crippen LogP) is 1.51. The zero-order valence-corrected chi connectivity index (χ0v) is 19.2. The van der Waals surface area contributed by atoms with E-state index in [1.165, 1.54) is 0 Å². The van der Waals surface area contributed by atoms with Crippen LogP contribution in [0, 0.1) is 11.7 Å². The molecule has 1 saturated carbocycles. The number of halogens is 1. The Morgan fingerprint density at radius 1 is 1.03 bits per heavy atom. The zero-order valence-electron chi connectivity index (χ0n) is 19.2. The number of likely N-dealkylation sites (tertiary alicyclic amines) is 1. The summed E-state index contributed by atoms with van der Waals surface area (Å²) in [6, 6.07) is 7.50. The van der Waals surface area contributed by atoms with E-state index in [0.29, 0.717) is 25.0 Å². The lowest BCUT2D eigenvalue weighted by Gasteiger charge is -2.37. The van der Waals surface area contributed by atoms with E-state index in [4.69, 9.17) is 0 Å². The SMILES string of the molecule is CN=C(NCC1CCN(Cc2ccccc2F)CC1)N1CCN(CC(=O)NC2CC2)CC1. The van der Waals surface area contributed by atoms with Crippen LogP contribution in [0.3, 0.4) is 0 Å². The van der Waals surface area contributed by atoms with Crippen LogP contribution in [-0.2, 0) is 11.3 Å². The van der Waals surface area contributed by atoms with Gasteiger partial charge in [-0.05, 0) is 50.8 Å². The second-order valence-electron chi connectivity index (χ2n) is 9.34. The third-order valence-electron chi connectivity index (χ3n) is 6.80. The van der Waals surface area contributed by atoms with Gasteiger partial charge in [0.25, 0.3) is 0 Å². The number of carbonyl (C=O) groups is 1. The second kappa shape index (κ2) is 11.1. The minimum atomic E-state index is -0.108. The van der Waals surface area contributed by atoms with E-state index < -0.39 is 0 Å². The molecule has 7 nitrogen and oxygen atoms in total. The van der Waals surface area contributed by atoms with Crippen molar-refractivity contribution in [1.29, 1.82) is 0 Å². The van der Waals surface area contributed by atoms with Crippen molar-refractivity contribution in [2.45, 2.75) is 38.3 Å². The monoisotopic (exact) mass is 444 g/mol. The van der Waals surface area contributed by atoms with E-state index >= 15 is 0 Å². The van der Waals surface area contributed by atoms with E-state index in [-0.39, 0.29) is 11.7 Å². The predicted molar refractivity (Wildman–Crippen MR) is 125 cm³/mol. The van der Waals surface area contributed by atoms with Crippen LogP contribution in [0.15, 0.2) is 29.3 Å². The molecule has 2 saturated heterocycles. The van der Waals surface area contributed by atoms with Gasteiger partial charge >= 0.3 is 0 Å². The molecule has 1 amide bonds. The largest absolute Gasteiger partial charge is 0.356 e. The first-order valence-corrected chi connectivity index (χ1v) is 12.0. The molecule has 0 atom stereocenters. The highest BCUT2D eigenvalue weighted by Gasteiger charge is 2.26. The van der Waals surface area contributed by atoms with Gasteiger partial charge in [-0.2, -0.15) is 0 Å². The number of nitrogens with zero attached hydrogens (tertiary/aromatic N) is 4. The summed E-state index contributed by atoms with van der Waals surface area (Å²) in [7, 11) is 1.84. The molecule has 0 unspecified atom stereocenters. The number of hydrogen-bond donors (Lipinski definition) is 2. The normalized spacial score (nSPS) is 21.6. The lowest BCUT2D eigenvalue weighted by molar-refractivity contribution is -0.122. The maximum Gasteiger partial charge on any atom is 0.234 e. The standard InChI is InChI=1S/C24H37FN6O/c1-26-24(31-14-12-30(13-15-31)18-23(32)28-21-6-7-21)27-16-19-8-10-29(11-9-19)17-20-4-2-3-5-22(20)25/h2-5,19,21H,6-18H2,1H3,(H,26,27)(H,28,32). The quantitative estimate of drug-likeness (QED) is 0.493. The zero-order chi connectivity index (χ0) is 22.3. The number of aliphatic imine (C=N–C) groups is 1. The number of piperidine rings is 1. The van der Waals surface area contributed by atoms with E-state index in [0.717, 1.165) is 83.0 Å². The van der Waals surface area contributed by atoms with Crippen LogP contribution >= 0.6 is 0 Å². The number of nitrogens with one attached hydrogen (secondary N) is 2. The Labute approximate surface area is 191 Å². The Hall–Kier alpha value is -2.19. The molecule has 1 aromatic rings. The fraction of sp³-hybridized carbons (Fsp3) is 0.667. The van der Waals surface area contributed by atoms with Crippen LogP contribution in [0.1, 0.15) is 31.2 Å². The molecule has 0 aromatic heterocycles. The third-order valence-corrected chi connectivity index (χ3v) is 6.80. The maximum absolute atomic E-state index is 13.9. The fourth-order valence-corrected chi connectivity index (χ4v) is 4.61. The van der Waals surface area contributed by atoms with Gasteiger partial charge in [0.2, 0.25) is 5.91 Å². The van der Waals surface area contributed by atoms with Gasteiger partial charge in [-0.1, -0.05) is 18.2 Å². The molecule has 2 aliphatic heterocycles. The highest BCUT2D eigenvalue weighted by molar-refractivity contribution is 5.80. The van der Waals surface area contributed by atoms with E-state index in [1.807, 2.05) is 19.2 Å². The summed E-state index contributed by atoms with van der Waals surface area (Å²) < 4.78 is 13.9. The average Bonchev–Trinajstić information content (AvgIpc) is 3.62. The van der Waals surface area contributed by atoms with Gasteiger partial charge in [-0.15, -0.1) is 0 Å². The van der Waals surface area contributed by atoms with Crippen LogP contribution in [0.5, 0.6) is 0 Å². The van der Waals surface area contributed by atoms with Crippen molar-refractivity contribution in [2.24, 2.45) is 10.9 Å². The fourth-order valence-electron chi connectivity index (χ4n) is 4.61. The van der Waals surface area contributed by atoms with Gasteiger partial charge in [-0.3, -0.25) is 19.6 Å². The van der Waals surface area contributed by atoms with Crippen LogP contribution in [0.25, 0.3) is 0 Å².